The first-order valence-corrected chi connectivity index (χ1v) is 22.0. The molecule has 0 unspecified atom stereocenters. The van der Waals surface area contributed by atoms with Gasteiger partial charge in [0, 0.05) is 85.1 Å². The van der Waals surface area contributed by atoms with E-state index in [1.54, 1.807) is 52.8 Å². The zero-order valence-corrected chi connectivity index (χ0v) is 37.7. The lowest BCUT2D eigenvalue weighted by Gasteiger charge is -2.37. The SMILES string of the molecule is CO[C@H]1/C=C/O[C@@]2(C)Oc3c(C)c(=O)c4c(O)c(c5sc6cc(N7C[C@@H](C)N[C@@H](C)C7)ccc6nc5c4c3C2=O)NC(=O)/C(C)=C\C=C\[C@H](C)[C@H](O)[C@@H](C)[C@@H](O)[C@H](C)[C@H](O)[C@H]1C. The summed E-state index contributed by atoms with van der Waals surface area (Å²) in [5, 5.41) is 52.5. The summed E-state index contributed by atoms with van der Waals surface area (Å²) in [6.07, 6.45) is 3.78. The standard InChI is InChI=1S/C47H58N4O10S/c1-21-12-11-13-22(2)46(58)50-37-42(56)34-33(36-44(37)62-32-18-29(14-15-30(32)49-36)51-19-23(3)48-24(4)20-51)35-43(28(8)41(34)55)61-47(9,45(35)57)60-17-16-31(59-10)25(5)39(53)27(7)40(54)26(6)38(21)52/h11-18,21,23-27,31,38-40,48,52-54,56H,19-20H2,1-10H3,(H,50,58)/b12-11+,17-16+,22-13-/t21-,23-,24+,25-,26+,27+,31-,38-,39+,40+,47-/m0/s1. The van der Waals surface area contributed by atoms with Gasteiger partial charge < -0.3 is 50.2 Å². The highest BCUT2D eigenvalue weighted by Gasteiger charge is 2.49. The van der Waals surface area contributed by atoms with Gasteiger partial charge in [-0.2, -0.15) is 0 Å². The summed E-state index contributed by atoms with van der Waals surface area (Å²) in [6.45, 7) is 17.3. The number of aromatic hydroxyl groups is 1. The number of amides is 1. The van der Waals surface area contributed by atoms with Crippen LogP contribution in [0.3, 0.4) is 0 Å². The minimum absolute atomic E-state index is 0.00151. The van der Waals surface area contributed by atoms with E-state index in [4.69, 9.17) is 19.2 Å². The minimum atomic E-state index is -1.97. The number of benzene rings is 3. The Bertz CT molecular complexity index is 2580. The van der Waals surface area contributed by atoms with Crippen molar-refractivity contribution in [2.45, 2.75) is 105 Å². The van der Waals surface area contributed by atoms with E-state index in [9.17, 15) is 34.8 Å². The summed E-state index contributed by atoms with van der Waals surface area (Å²) < 4.78 is 19.1. The van der Waals surface area contributed by atoms with Gasteiger partial charge in [-0.15, -0.1) is 11.3 Å². The van der Waals surface area contributed by atoms with Gasteiger partial charge in [0.25, 0.3) is 11.7 Å². The smallest absolute Gasteiger partial charge is 0.312 e. The van der Waals surface area contributed by atoms with Crippen molar-refractivity contribution in [3.8, 4) is 11.5 Å². The third-order valence-electron chi connectivity index (χ3n) is 13.0. The molecular weight excluding hydrogens is 813 g/mol. The number of phenols is 1. The topological polar surface area (TPSA) is 200 Å². The molecule has 62 heavy (non-hydrogen) atoms. The van der Waals surface area contributed by atoms with Crippen LogP contribution in [0.5, 0.6) is 11.5 Å². The Morgan fingerprint density at radius 2 is 1.58 bits per heavy atom. The quantitative estimate of drug-likeness (QED) is 0.0770. The predicted octanol–water partition coefficient (Wildman–Crippen LogP) is 6.08. The van der Waals surface area contributed by atoms with Crippen LogP contribution < -0.4 is 25.7 Å². The van der Waals surface area contributed by atoms with Crippen LogP contribution in [0.1, 0.15) is 71.3 Å². The fourth-order valence-corrected chi connectivity index (χ4v) is 10.2. The van der Waals surface area contributed by atoms with E-state index < -0.39 is 76.7 Å². The van der Waals surface area contributed by atoms with Crippen molar-refractivity contribution in [1.82, 2.24) is 10.3 Å². The number of ether oxygens (including phenoxy) is 3. The molecule has 7 rings (SSSR count). The number of phenolic OH excluding ortho intramolecular Hbond substituents is 1. The summed E-state index contributed by atoms with van der Waals surface area (Å²) in [5.74, 6) is -6.09. The molecule has 3 aliphatic heterocycles. The average molecular weight is 871 g/mol. The molecule has 6 N–H and O–H groups in total. The van der Waals surface area contributed by atoms with E-state index in [0.717, 1.165) is 23.5 Å². The Labute approximate surface area is 364 Å². The number of Topliss-reactive ketones (excluding diaryl/α,β-unsaturated/α-hetero) is 1. The highest BCUT2D eigenvalue weighted by Crippen LogP contribution is 2.49. The number of aliphatic hydroxyl groups is 3. The molecular formula is C47H58N4O10S. The summed E-state index contributed by atoms with van der Waals surface area (Å²) in [5.41, 5.74) is 1.40. The van der Waals surface area contributed by atoms with Crippen LogP contribution in [0.2, 0.25) is 0 Å². The van der Waals surface area contributed by atoms with Gasteiger partial charge in [-0.25, -0.2) is 4.98 Å². The zero-order valence-electron chi connectivity index (χ0n) is 36.8. The van der Waals surface area contributed by atoms with Gasteiger partial charge in [0.15, 0.2) is 11.2 Å². The second-order valence-corrected chi connectivity index (χ2v) is 18.7. The number of hydrogen-bond acceptors (Lipinski definition) is 14. The predicted molar refractivity (Wildman–Crippen MR) is 242 cm³/mol. The Balaban J connectivity index is 1.44. The lowest BCUT2D eigenvalue weighted by atomic mass is 9.78. The molecule has 3 aromatic carbocycles. The molecule has 4 heterocycles. The molecule has 332 valence electrons. The molecule has 0 aliphatic carbocycles. The highest BCUT2D eigenvalue weighted by molar-refractivity contribution is 7.25. The van der Waals surface area contributed by atoms with Crippen molar-refractivity contribution in [2.24, 2.45) is 23.7 Å². The molecule has 11 atom stereocenters. The first-order valence-electron chi connectivity index (χ1n) is 21.2. The number of aliphatic hydroxyl groups excluding tert-OH is 3. The second-order valence-electron chi connectivity index (χ2n) is 17.7. The van der Waals surface area contributed by atoms with Crippen LogP contribution in [0.25, 0.3) is 31.2 Å². The van der Waals surface area contributed by atoms with Gasteiger partial charge in [0.2, 0.25) is 0 Å². The van der Waals surface area contributed by atoms with Gasteiger partial charge in [-0.1, -0.05) is 45.9 Å². The first kappa shape index (κ1) is 45.1. The van der Waals surface area contributed by atoms with E-state index in [2.05, 4.69) is 29.4 Å². The Hall–Kier alpha value is -4.90. The molecule has 14 nitrogen and oxygen atoms in total. The van der Waals surface area contributed by atoms with Crippen LogP contribution in [0, 0.1) is 30.6 Å². The number of piperazine rings is 1. The number of methoxy groups -OCH3 is 1. The fraction of sp³-hybridized carbons (Fsp3) is 0.489. The number of carbonyl (C=O) groups excluding carboxylic acids is 2. The summed E-state index contributed by atoms with van der Waals surface area (Å²) in [6, 6.07) is 6.42. The van der Waals surface area contributed by atoms with Crippen molar-refractivity contribution in [3.63, 3.8) is 0 Å². The number of allylic oxidation sites excluding steroid dienone is 2. The van der Waals surface area contributed by atoms with E-state index in [1.807, 2.05) is 18.2 Å². The van der Waals surface area contributed by atoms with Crippen molar-refractivity contribution in [2.75, 3.05) is 30.4 Å². The molecule has 1 saturated heterocycles. The largest absolute Gasteiger partial charge is 0.505 e. The van der Waals surface area contributed by atoms with Crippen molar-refractivity contribution in [3.05, 3.63) is 75.7 Å². The maximum absolute atomic E-state index is 14.7. The van der Waals surface area contributed by atoms with E-state index >= 15 is 0 Å². The lowest BCUT2D eigenvalue weighted by molar-refractivity contribution is -0.112. The molecule has 0 radical (unpaired) electrons. The van der Waals surface area contributed by atoms with Crippen LogP contribution in [-0.2, 0) is 14.3 Å². The number of fused-ring (bicyclic) bond motifs is 2. The van der Waals surface area contributed by atoms with Gasteiger partial charge in [-0.05, 0) is 52.0 Å². The number of nitrogens with one attached hydrogen (secondary N) is 2. The van der Waals surface area contributed by atoms with E-state index in [-0.39, 0.29) is 56.5 Å². The molecule has 1 aromatic heterocycles. The number of ketones is 1. The van der Waals surface area contributed by atoms with Gasteiger partial charge in [-0.3, -0.25) is 14.4 Å². The Morgan fingerprint density at radius 1 is 0.919 bits per heavy atom. The van der Waals surface area contributed by atoms with Crippen LogP contribution in [0.4, 0.5) is 11.4 Å². The molecule has 15 heteroatoms. The molecule has 3 aliphatic rings. The van der Waals surface area contributed by atoms with Crippen LogP contribution >= 0.6 is 11.3 Å². The monoisotopic (exact) mass is 870 g/mol. The second kappa shape index (κ2) is 17.3. The third kappa shape index (κ3) is 7.99. The molecule has 0 spiro atoms. The summed E-state index contributed by atoms with van der Waals surface area (Å²) in [4.78, 5) is 50.4. The van der Waals surface area contributed by atoms with Gasteiger partial charge >= 0.3 is 5.79 Å². The highest BCUT2D eigenvalue weighted by atomic mass is 32.1. The van der Waals surface area contributed by atoms with Crippen molar-refractivity contribution < 1.29 is 44.2 Å². The van der Waals surface area contributed by atoms with Crippen molar-refractivity contribution in [1.29, 1.82) is 0 Å². The molecule has 4 aromatic rings. The number of rotatable bonds is 2. The molecule has 1 fully saturated rings. The number of aromatic nitrogens is 1. The lowest BCUT2D eigenvalue weighted by Crippen LogP contribution is -2.54. The summed E-state index contributed by atoms with van der Waals surface area (Å²) >= 11 is 1.26. The average Bonchev–Trinajstić information content (AvgIpc) is 3.51. The summed E-state index contributed by atoms with van der Waals surface area (Å²) in [7, 11) is 1.46. The van der Waals surface area contributed by atoms with Crippen LogP contribution in [-0.4, -0.2) is 99.6 Å². The van der Waals surface area contributed by atoms with Gasteiger partial charge in [0.1, 0.15) is 11.4 Å². The number of nitrogens with zero attached hydrogens (tertiary/aromatic N) is 2. The van der Waals surface area contributed by atoms with E-state index in [1.165, 1.54) is 44.6 Å². The Kier molecular flexibility index (Phi) is 12.6. The van der Waals surface area contributed by atoms with E-state index in [0.29, 0.717) is 10.2 Å². The third-order valence-corrected chi connectivity index (χ3v) is 14.1. The van der Waals surface area contributed by atoms with Gasteiger partial charge in [0.05, 0.1) is 62.1 Å². The first-order chi connectivity index (χ1) is 29.3. The maximum atomic E-state index is 14.7. The van der Waals surface area contributed by atoms with Crippen LogP contribution in [0.15, 0.2) is 59.1 Å². The Morgan fingerprint density at radius 3 is 2.26 bits per heavy atom. The maximum Gasteiger partial charge on any atom is 0.312 e. The number of anilines is 2. The normalized spacial score (nSPS) is 33.3. The zero-order chi connectivity index (χ0) is 45.1. The molecule has 1 amide bonds. The molecule has 4 bridgehead atoms. The van der Waals surface area contributed by atoms with Crippen molar-refractivity contribution >= 4 is 65.6 Å². The fourth-order valence-electron chi connectivity index (χ4n) is 9.14. The number of hydrogen-bond donors (Lipinski definition) is 6. The minimum Gasteiger partial charge on any atom is -0.505 e. The molecule has 0 saturated carbocycles. The number of carbonyl (C=O) groups is 2.